The maximum atomic E-state index is 12.9. The van der Waals surface area contributed by atoms with Crippen LogP contribution < -0.4 is 5.32 Å². The highest BCUT2D eigenvalue weighted by Gasteiger charge is 2.26. The number of nitrogens with one attached hydrogen (secondary N) is 1. The third kappa shape index (κ3) is 3.07. The largest absolute Gasteiger partial charge is 0.336 e. The average molecular weight is 362 g/mol. The van der Waals surface area contributed by atoms with Crippen LogP contribution in [-0.4, -0.2) is 39.2 Å². The number of aryl methyl sites for hydroxylation is 1. The highest BCUT2D eigenvalue weighted by atomic mass is 16.2. The van der Waals surface area contributed by atoms with Crippen LogP contribution in [0.5, 0.6) is 0 Å². The van der Waals surface area contributed by atoms with Gasteiger partial charge in [-0.2, -0.15) is 0 Å². The van der Waals surface area contributed by atoms with Crippen molar-refractivity contribution in [3.05, 3.63) is 65.2 Å². The van der Waals surface area contributed by atoms with E-state index in [1.165, 1.54) is 0 Å². The van der Waals surface area contributed by atoms with Gasteiger partial charge in [0.05, 0.1) is 5.52 Å². The lowest BCUT2D eigenvalue weighted by Gasteiger charge is -2.13. The molecule has 27 heavy (non-hydrogen) atoms. The van der Waals surface area contributed by atoms with E-state index >= 15 is 0 Å². The van der Waals surface area contributed by atoms with Crippen LogP contribution in [0.4, 0.5) is 5.69 Å². The summed E-state index contributed by atoms with van der Waals surface area (Å²) in [7, 11) is 0. The van der Waals surface area contributed by atoms with Crippen LogP contribution in [0.15, 0.2) is 42.6 Å². The molecule has 6 nitrogen and oxygen atoms in total. The molecule has 0 bridgehead atoms. The topological polar surface area (TPSA) is 66.7 Å². The zero-order valence-corrected chi connectivity index (χ0v) is 15.5. The zero-order chi connectivity index (χ0) is 19.0. The van der Waals surface area contributed by atoms with E-state index in [9.17, 15) is 9.59 Å². The Labute approximate surface area is 157 Å². The van der Waals surface area contributed by atoms with Gasteiger partial charge in [0.15, 0.2) is 5.69 Å². The Bertz CT molecular complexity index is 1030. The Morgan fingerprint density at radius 2 is 1.81 bits per heavy atom. The molecule has 6 heteroatoms. The molecule has 1 aromatic carbocycles. The summed E-state index contributed by atoms with van der Waals surface area (Å²) >= 11 is 0. The van der Waals surface area contributed by atoms with Crippen molar-refractivity contribution in [1.29, 1.82) is 0 Å². The van der Waals surface area contributed by atoms with Crippen LogP contribution in [0.3, 0.4) is 0 Å². The second-order valence-electron chi connectivity index (χ2n) is 6.94. The van der Waals surface area contributed by atoms with E-state index < -0.39 is 0 Å². The minimum atomic E-state index is -0.312. The van der Waals surface area contributed by atoms with E-state index in [1.807, 2.05) is 50.2 Å². The maximum Gasteiger partial charge on any atom is 0.290 e. The van der Waals surface area contributed by atoms with Crippen molar-refractivity contribution in [3.8, 4) is 0 Å². The molecular formula is C21H22N4O2. The Morgan fingerprint density at radius 1 is 1.04 bits per heavy atom. The van der Waals surface area contributed by atoms with Gasteiger partial charge >= 0.3 is 0 Å². The summed E-state index contributed by atoms with van der Waals surface area (Å²) in [6.45, 7) is 5.46. The summed E-state index contributed by atoms with van der Waals surface area (Å²) in [5.41, 5.74) is 3.77. The molecule has 2 amide bonds. The van der Waals surface area contributed by atoms with E-state index in [4.69, 9.17) is 0 Å². The monoisotopic (exact) mass is 362 g/mol. The van der Waals surface area contributed by atoms with Crippen molar-refractivity contribution >= 4 is 23.0 Å². The first-order chi connectivity index (χ1) is 13.1. The third-order valence-electron chi connectivity index (χ3n) is 5.20. The molecule has 3 heterocycles. The maximum absolute atomic E-state index is 12.9. The third-order valence-corrected chi connectivity index (χ3v) is 5.20. The van der Waals surface area contributed by atoms with Crippen LogP contribution in [-0.2, 0) is 0 Å². The number of aromatic nitrogens is 2. The van der Waals surface area contributed by atoms with Crippen LogP contribution >= 0.6 is 0 Å². The lowest BCUT2D eigenvalue weighted by Crippen LogP contribution is -2.29. The van der Waals surface area contributed by atoms with Crippen molar-refractivity contribution < 1.29 is 9.59 Å². The van der Waals surface area contributed by atoms with Gasteiger partial charge in [-0.05, 0) is 56.0 Å². The fourth-order valence-corrected chi connectivity index (χ4v) is 3.49. The number of carbonyl (C=O) groups excluding carboxylic acids is 2. The number of benzene rings is 1. The standard InChI is InChI=1S/C21H22N4O2/c1-14-8-7-9-16(15(14)2)22-20(26)18-17-10-3-4-13-25(17)19(23-18)21(27)24-11-5-6-12-24/h3-4,7-10,13H,5-6,11-12H2,1-2H3,(H,22,26). The lowest BCUT2D eigenvalue weighted by atomic mass is 10.1. The number of anilines is 1. The first kappa shape index (κ1) is 17.3. The van der Waals surface area contributed by atoms with E-state index in [0.717, 1.165) is 42.7 Å². The average Bonchev–Trinajstić information content (AvgIpc) is 3.33. The minimum Gasteiger partial charge on any atom is -0.336 e. The molecule has 138 valence electrons. The van der Waals surface area contributed by atoms with Crippen LogP contribution in [0.25, 0.3) is 5.52 Å². The zero-order valence-electron chi connectivity index (χ0n) is 15.5. The number of hydrogen-bond donors (Lipinski definition) is 1. The van der Waals surface area contributed by atoms with Crippen molar-refractivity contribution in [3.63, 3.8) is 0 Å². The molecule has 1 N–H and O–H groups in total. The number of likely N-dealkylation sites (tertiary alicyclic amines) is 1. The van der Waals surface area contributed by atoms with Crippen molar-refractivity contribution in [2.24, 2.45) is 0 Å². The summed E-state index contributed by atoms with van der Waals surface area (Å²) in [5, 5.41) is 2.94. The molecule has 0 saturated carbocycles. The van der Waals surface area contributed by atoms with Gasteiger partial charge in [-0.1, -0.05) is 18.2 Å². The highest BCUT2D eigenvalue weighted by Crippen LogP contribution is 2.21. The van der Waals surface area contributed by atoms with Crippen LogP contribution in [0, 0.1) is 13.8 Å². The van der Waals surface area contributed by atoms with Gasteiger partial charge in [0.25, 0.3) is 11.8 Å². The molecule has 0 radical (unpaired) electrons. The molecule has 4 rings (SSSR count). The molecule has 1 aliphatic heterocycles. The van der Waals surface area contributed by atoms with Gasteiger partial charge in [0.1, 0.15) is 0 Å². The fraction of sp³-hybridized carbons (Fsp3) is 0.286. The predicted molar refractivity (Wildman–Crippen MR) is 104 cm³/mol. The van der Waals surface area contributed by atoms with Crippen LogP contribution in [0.2, 0.25) is 0 Å². The Morgan fingerprint density at radius 3 is 2.59 bits per heavy atom. The summed E-state index contributed by atoms with van der Waals surface area (Å²) in [5.74, 6) is -0.147. The van der Waals surface area contributed by atoms with Gasteiger partial charge in [0, 0.05) is 25.0 Å². The number of carbonyl (C=O) groups is 2. The van der Waals surface area contributed by atoms with Gasteiger partial charge in [-0.25, -0.2) is 4.98 Å². The summed E-state index contributed by atoms with van der Waals surface area (Å²) in [4.78, 5) is 32.0. The van der Waals surface area contributed by atoms with Crippen molar-refractivity contribution in [1.82, 2.24) is 14.3 Å². The molecule has 0 aliphatic carbocycles. The second-order valence-corrected chi connectivity index (χ2v) is 6.94. The van der Waals surface area contributed by atoms with E-state index in [2.05, 4.69) is 10.3 Å². The van der Waals surface area contributed by atoms with E-state index in [1.54, 1.807) is 15.5 Å². The van der Waals surface area contributed by atoms with Gasteiger partial charge < -0.3 is 10.2 Å². The Kier molecular flexibility index (Phi) is 4.39. The Balaban J connectivity index is 1.72. The number of rotatable bonds is 3. The summed E-state index contributed by atoms with van der Waals surface area (Å²) in [6, 6.07) is 11.3. The molecule has 1 fully saturated rings. The molecule has 0 spiro atoms. The second kappa shape index (κ2) is 6.87. The first-order valence-electron chi connectivity index (χ1n) is 9.20. The summed E-state index contributed by atoms with van der Waals surface area (Å²) < 4.78 is 1.71. The smallest absolute Gasteiger partial charge is 0.290 e. The Hall–Kier alpha value is -3.15. The lowest BCUT2D eigenvalue weighted by molar-refractivity contribution is 0.0780. The predicted octanol–water partition coefficient (Wildman–Crippen LogP) is 3.44. The molecule has 1 saturated heterocycles. The SMILES string of the molecule is Cc1cccc(NC(=O)c2nc(C(=O)N3CCCC3)n3ccccc23)c1C. The number of hydrogen-bond acceptors (Lipinski definition) is 3. The summed E-state index contributed by atoms with van der Waals surface area (Å²) in [6.07, 6.45) is 3.80. The van der Waals surface area contributed by atoms with Gasteiger partial charge in [-0.3, -0.25) is 14.0 Å². The van der Waals surface area contributed by atoms with Gasteiger partial charge in [-0.15, -0.1) is 0 Å². The molecular weight excluding hydrogens is 340 g/mol. The van der Waals surface area contributed by atoms with Crippen molar-refractivity contribution in [2.75, 3.05) is 18.4 Å². The molecule has 3 aromatic rings. The van der Waals surface area contributed by atoms with Crippen LogP contribution in [0.1, 0.15) is 45.1 Å². The first-order valence-corrected chi connectivity index (χ1v) is 9.20. The van der Waals surface area contributed by atoms with Gasteiger partial charge in [0.2, 0.25) is 5.82 Å². The highest BCUT2D eigenvalue weighted by molar-refractivity contribution is 6.09. The molecule has 0 unspecified atom stereocenters. The minimum absolute atomic E-state index is 0.125. The molecule has 0 atom stereocenters. The fourth-order valence-electron chi connectivity index (χ4n) is 3.49. The number of amides is 2. The molecule has 2 aromatic heterocycles. The van der Waals surface area contributed by atoms with Crippen molar-refractivity contribution in [2.45, 2.75) is 26.7 Å². The quantitative estimate of drug-likeness (QED) is 0.776. The normalized spacial score (nSPS) is 13.9. The number of imidazole rings is 1. The number of fused-ring (bicyclic) bond motifs is 1. The number of nitrogens with zero attached hydrogens (tertiary/aromatic N) is 3. The van der Waals surface area contributed by atoms with E-state index in [-0.39, 0.29) is 17.5 Å². The van der Waals surface area contributed by atoms with E-state index in [0.29, 0.717) is 11.3 Å². The number of pyridine rings is 1. The molecule has 1 aliphatic rings.